The van der Waals surface area contributed by atoms with E-state index in [9.17, 15) is 14.4 Å². The molecule has 17 heavy (non-hydrogen) atoms. The molecule has 3 rings (SSSR count). The lowest BCUT2D eigenvalue weighted by Crippen LogP contribution is -2.59. The van der Waals surface area contributed by atoms with Crippen LogP contribution in [0.1, 0.15) is 40.5 Å². The molecule has 3 heteroatoms. The number of Topliss-reactive ketones (excluding diaryl/α,β-unsaturated/α-hetero) is 3. The second-order valence-corrected chi connectivity index (χ2v) is 6.15. The van der Waals surface area contributed by atoms with E-state index in [1.54, 1.807) is 6.92 Å². The van der Waals surface area contributed by atoms with E-state index < -0.39 is 5.41 Å². The number of hydrogen-bond donors (Lipinski definition) is 0. The van der Waals surface area contributed by atoms with Gasteiger partial charge in [-0.05, 0) is 32.6 Å². The van der Waals surface area contributed by atoms with E-state index in [-0.39, 0.29) is 41.0 Å². The fraction of sp³-hybridized carbons (Fsp3) is 0.786. The van der Waals surface area contributed by atoms with Crippen molar-refractivity contribution in [2.24, 2.45) is 29.1 Å². The maximum absolute atomic E-state index is 12.3. The molecule has 0 aliphatic heterocycles. The minimum absolute atomic E-state index is 0.00347. The average molecular weight is 236 g/mol. The molecule has 3 aliphatic rings. The molecule has 0 spiro atoms. The lowest BCUT2D eigenvalue weighted by Gasteiger charge is -2.53. The van der Waals surface area contributed by atoms with E-state index in [4.69, 9.17) is 0 Å². The van der Waals surface area contributed by atoms with E-state index in [1.807, 2.05) is 13.8 Å². The molecule has 0 aromatic carbocycles. The van der Waals surface area contributed by atoms with Gasteiger partial charge in [-0.2, -0.15) is 0 Å². The third-order valence-electron chi connectivity index (χ3n) is 4.88. The summed E-state index contributed by atoms with van der Waals surface area (Å²) in [5.41, 5.74) is -0.439. The van der Waals surface area contributed by atoms with Crippen LogP contribution in [-0.4, -0.2) is 17.3 Å². The lowest BCUT2D eigenvalue weighted by molar-refractivity contribution is -0.164. The van der Waals surface area contributed by atoms with Crippen molar-refractivity contribution < 1.29 is 14.4 Å². The molecule has 3 saturated carbocycles. The van der Waals surface area contributed by atoms with Crippen LogP contribution in [-0.2, 0) is 14.4 Å². The highest BCUT2D eigenvalue weighted by atomic mass is 16.1. The summed E-state index contributed by atoms with van der Waals surface area (Å²) in [5.74, 6) is -0.505. The summed E-state index contributed by atoms with van der Waals surface area (Å²) in [6, 6.07) is 0. The quantitative estimate of drug-likeness (QED) is 0.737. The molecule has 0 saturated heterocycles. The van der Waals surface area contributed by atoms with Crippen molar-refractivity contribution in [1.82, 2.24) is 0 Å². The molecule has 0 aromatic rings. The molecule has 94 valence electrons. The van der Waals surface area contributed by atoms with Gasteiger partial charge in [-0.15, -0.1) is 0 Å². The van der Waals surface area contributed by atoms with Gasteiger partial charge < -0.3 is 0 Å². The Kier molecular flexibility index (Phi) is 2.75. The van der Waals surface area contributed by atoms with Gasteiger partial charge in [0.05, 0.1) is 0 Å². The van der Waals surface area contributed by atoms with Gasteiger partial charge in [-0.25, -0.2) is 0 Å². The Labute approximate surface area is 102 Å². The zero-order chi connectivity index (χ0) is 13.0. The number of ketones is 3. The van der Waals surface area contributed by atoms with E-state index in [2.05, 4.69) is 0 Å². The van der Waals surface area contributed by atoms with Crippen LogP contribution in [0.15, 0.2) is 0 Å². The average Bonchev–Trinajstić information content (AvgIpc) is 2.23. The fourth-order valence-electron chi connectivity index (χ4n) is 4.06. The molecule has 2 bridgehead atoms. The van der Waals surface area contributed by atoms with Crippen LogP contribution >= 0.6 is 0 Å². The maximum Gasteiger partial charge on any atom is 0.142 e. The highest BCUT2D eigenvalue weighted by Crippen LogP contribution is 2.55. The van der Waals surface area contributed by atoms with Crippen LogP contribution in [0.5, 0.6) is 0 Å². The Morgan fingerprint density at radius 3 is 2.06 bits per heavy atom. The molecule has 0 N–H and O–H groups in total. The standard InChI is InChI=1S/C14H20O3/c1-7(15)11-9-5-6-10(12(11)8(2)16)14(3,4)13(9)17/h9-12H,5-6H2,1-4H3. The largest absolute Gasteiger partial charge is 0.300 e. The van der Waals surface area contributed by atoms with Crippen molar-refractivity contribution in [2.75, 3.05) is 0 Å². The smallest absolute Gasteiger partial charge is 0.142 e. The van der Waals surface area contributed by atoms with Crippen LogP contribution in [0.4, 0.5) is 0 Å². The molecule has 0 radical (unpaired) electrons. The van der Waals surface area contributed by atoms with Crippen LogP contribution in [0.2, 0.25) is 0 Å². The van der Waals surface area contributed by atoms with E-state index in [0.717, 1.165) is 12.8 Å². The van der Waals surface area contributed by atoms with Crippen molar-refractivity contribution in [3.8, 4) is 0 Å². The minimum Gasteiger partial charge on any atom is -0.300 e. The Morgan fingerprint density at radius 2 is 1.59 bits per heavy atom. The van der Waals surface area contributed by atoms with Gasteiger partial charge in [0.1, 0.15) is 17.3 Å². The van der Waals surface area contributed by atoms with E-state index in [0.29, 0.717) is 0 Å². The van der Waals surface area contributed by atoms with Crippen LogP contribution in [0.25, 0.3) is 0 Å². The summed E-state index contributed by atoms with van der Waals surface area (Å²) < 4.78 is 0. The van der Waals surface area contributed by atoms with Gasteiger partial charge in [-0.3, -0.25) is 14.4 Å². The molecule has 3 aliphatic carbocycles. The van der Waals surface area contributed by atoms with Gasteiger partial charge in [0, 0.05) is 23.2 Å². The van der Waals surface area contributed by atoms with E-state index in [1.165, 1.54) is 6.92 Å². The Morgan fingerprint density at radius 1 is 1.06 bits per heavy atom. The summed E-state index contributed by atoms with van der Waals surface area (Å²) in [6.45, 7) is 6.93. The predicted molar refractivity (Wildman–Crippen MR) is 63.3 cm³/mol. The molecular weight excluding hydrogens is 216 g/mol. The molecular formula is C14H20O3. The SMILES string of the molecule is CC(=O)C1C2CCC(C1C(C)=O)C(C)(C)C2=O. The highest BCUT2D eigenvalue weighted by Gasteiger charge is 2.59. The molecule has 0 amide bonds. The van der Waals surface area contributed by atoms with Gasteiger partial charge in [-0.1, -0.05) is 13.8 Å². The van der Waals surface area contributed by atoms with Gasteiger partial charge in [0.2, 0.25) is 0 Å². The van der Waals surface area contributed by atoms with Gasteiger partial charge >= 0.3 is 0 Å². The molecule has 0 heterocycles. The minimum atomic E-state index is -0.439. The lowest BCUT2D eigenvalue weighted by atomic mass is 9.47. The first-order valence-electron chi connectivity index (χ1n) is 6.33. The molecule has 3 fully saturated rings. The van der Waals surface area contributed by atoms with Crippen molar-refractivity contribution >= 4 is 17.3 Å². The van der Waals surface area contributed by atoms with Crippen molar-refractivity contribution in [2.45, 2.75) is 40.5 Å². The van der Waals surface area contributed by atoms with Crippen LogP contribution < -0.4 is 0 Å². The predicted octanol–water partition coefficient (Wildman–Crippen LogP) is 2.03. The third-order valence-corrected chi connectivity index (χ3v) is 4.88. The number of carbonyl (C=O) groups excluding carboxylic acids is 3. The van der Waals surface area contributed by atoms with Crippen molar-refractivity contribution in [3.05, 3.63) is 0 Å². The molecule has 0 aromatic heterocycles. The summed E-state index contributed by atoms with van der Waals surface area (Å²) in [4.78, 5) is 35.9. The number of carbonyl (C=O) groups is 3. The zero-order valence-corrected chi connectivity index (χ0v) is 10.9. The first-order chi connectivity index (χ1) is 7.78. The van der Waals surface area contributed by atoms with Gasteiger partial charge in [0.15, 0.2) is 0 Å². The monoisotopic (exact) mass is 236 g/mol. The topological polar surface area (TPSA) is 51.2 Å². The van der Waals surface area contributed by atoms with Crippen LogP contribution in [0.3, 0.4) is 0 Å². The highest BCUT2D eigenvalue weighted by molar-refractivity contribution is 5.98. The second kappa shape index (κ2) is 3.76. The summed E-state index contributed by atoms with van der Waals surface area (Å²) in [5, 5.41) is 0. The summed E-state index contributed by atoms with van der Waals surface area (Å²) in [6.07, 6.45) is 1.68. The van der Waals surface area contributed by atoms with Crippen LogP contribution in [0, 0.1) is 29.1 Å². The normalized spacial score (nSPS) is 39.2. The Bertz CT molecular complexity index is 394. The number of fused-ring (bicyclic) bond motifs is 3. The fourth-order valence-corrected chi connectivity index (χ4v) is 4.06. The zero-order valence-electron chi connectivity index (χ0n) is 10.9. The first-order valence-corrected chi connectivity index (χ1v) is 6.33. The Balaban J connectivity index is 2.48. The van der Waals surface area contributed by atoms with Crippen molar-refractivity contribution in [3.63, 3.8) is 0 Å². The summed E-state index contributed by atoms with van der Waals surface area (Å²) in [7, 11) is 0. The molecule has 4 atom stereocenters. The molecule has 3 nitrogen and oxygen atoms in total. The number of rotatable bonds is 2. The maximum atomic E-state index is 12.3. The van der Waals surface area contributed by atoms with E-state index >= 15 is 0 Å². The summed E-state index contributed by atoms with van der Waals surface area (Å²) >= 11 is 0. The molecule has 4 unspecified atom stereocenters. The Hall–Kier alpha value is -0.990. The number of hydrogen-bond acceptors (Lipinski definition) is 3. The van der Waals surface area contributed by atoms with Crippen molar-refractivity contribution in [1.29, 1.82) is 0 Å². The third kappa shape index (κ3) is 1.59. The second-order valence-electron chi connectivity index (χ2n) is 6.15. The first kappa shape index (κ1) is 12.5. The van der Waals surface area contributed by atoms with Gasteiger partial charge in [0.25, 0.3) is 0 Å².